The van der Waals surface area contributed by atoms with Gasteiger partial charge in [-0.2, -0.15) is 0 Å². The molecule has 1 aliphatic carbocycles. The number of benzene rings is 1. The van der Waals surface area contributed by atoms with Crippen LogP contribution < -0.4 is 5.32 Å². The van der Waals surface area contributed by atoms with E-state index < -0.39 is 5.60 Å². The zero-order valence-corrected chi connectivity index (χ0v) is 11.0. The Bertz CT molecular complexity index is 388. The predicted octanol–water partition coefficient (Wildman–Crippen LogP) is 3.17. The number of nitrogens with one attached hydrogen (secondary N) is 1. The zero-order valence-electron chi connectivity index (χ0n) is 11.0. The Kier molecular flexibility index (Phi) is 4.36. The molecule has 1 saturated carbocycles. The summed E-state index contributed by atoms with van der Waals surface area (Å²) in [5.74, 6) is -0.211. The molecule has 2 rings (SSSR count). The molecule has 0 saturated heterocycles. The first-order chi connectivity index (χ1) is 8.59. The van der Waals surface area contributed by atoms with Crippen LogP contribution in [0.2, 0.25) is 0 Å². The van der Waals surface area contributed by atoms with Crippen molar-refractivity contribution in [3.8, 4) is 0 Å². The lowest BCUT2D eigenvalue weighted by Gasteiger charge is -2.33. The van der Waals surface area contributed by atoms with Gasteiger partial charge < -0.3 is 10.4 Å². The number of rotatable bonds is 4. The van der Waals surface area contributed by atoms with Gasteiger partial charge in [-0.25, -0.2) is 4.39 Å². The van der Waals surface area contributed by atoms with Gasteiger partial charge in [-0.3, -0.25) is 0 Å². The van der Waals surface area contributed by atoms with Crippen molar-refractivity contribution < 1.29 is 9.50 Å². The SMILES string of the molecule is C[C@H](NCC1(O)CCCCC1)c1cccc(F)c1. The van der Waals surface area contributed by atoms with E-state index >= 15 is 0 Å². The lowest BCUT2D eigenvalue weighted by atomic mass is 9.84. The van der Waals surface area contributed by atoms with Crippen molar-refractivity contribution in [2.24, 2.45) is 0 Å². The molecule has 0 amide bonds. The van der Waals surface area contributed by atoms with Crippen molar-refractivity contribution in [3.63, 3.8) is 0 Å². The van der Waals surface area contributed by atoms with Gasteiger partial charge in [-0.1, -0.05) is 31.4 Å². The minimum atomic E-state index is -0.570. The van der Waals surface area contributed by atoms with Gasteiger partial charge in [-0.05, 0) is 37.5 Å². The first-order valence-electron chi connectivity index (χ1n) is 6.80. The van der Waals surface area contributed by atoms with Gasteiger partial charge in [-0.15, -0.1) is 0 Å². The van der Waals surface area contributed by atoms with Crippen molar-refractivity contribution >= 4 is 0 Å². The molecule has 2 N–H and O–H groups in total. The highest BCUT2D eigenvalue weighted by Gasteiger charge is 2.29. The van der Waals surface area contributed by atoms with Crippen LogP contribution in [0.5, 0.6) is 0 Å². The highest BCUT2D eigenvalue weighted by molar-refractivity contribution is 5.19. The quantitative estimate of drug-likeness (QED) is 0.861. The van der Waals surface area contributed by atoms with E-state index in [1.807, 2.05) is 13.0 Å². The van der Waals surface area contributed by atoms with Crippen molar-refractivity contribution in [1.82, 2.24) is 5.32 Å². The second-order valence-electron chi connectivity index (χ2n) is 5.44. The van der Waals surface area contributed by atoms with Gasteiger partial charge in [0.1, 0.15) is 5.82 Å². The molecule has 0 radical (unpaired) electrons. The van der Waals surface area contributed by atoms with Crippen LogP contribution in [0.15, 0.2) is 24.3 Å². The van der Waals surface area contributed by atoms with E-state index in [2.05, 4.69) is 5.32 Å². The third kappa shape index (κ3) is 3.53. The maximum Gasteiger partial charge on any atom is 0.123 e. The third-order valence-corrected chi connectivity index (χ3v) is 3.87. The summed E-state index contributed by atoms with van der Waals surface area (Å²) < 4.78 is 13.1. The molecule has 1 fully saturated rings. The fourth-order valence-corrected chi connectivity index (χ4v) is 2.62. The molecule has 2 nitrogen and oxygen atoms in total. The Balaban J connectivity index is 1.89. The molecule has 0 bridgehead atoms. The van der Waals surface area contributed by atoms with Crippen LogP contribution >= 0.6 is 0 Å². The molecule has 18 heavy (non-hydrogen) atoms. The van der Waals surface area contributed by atoms with Crippen LogP contribution in [0, 0.1) is 5.82 Å². The van der Waals surface area contributed by atoms with Crippen molar-refractivity contribution in [2.45, 2.75) is 50.7 Å². The van der Waals surface area contributed by atoms with Gasteiger partial charge in [0.25, 0.3) is 0 Å². The Labute approximate surface area is 108 Å². The Morgan fingerprint density at radius 2 is 2.06 bits per heavy atom. The van der Waals surface area contributed by atoms with E-state index in [0.29, 0.717) is 6.54 Å². The lowest BCUT2D eigenvalue weighted by molar-refractivity contribution is 0.00300. The Hall–Kier alpha value is -0.930. The summed E-state index contributed by atoms with van der Waals surface area (Å²) in [5.41, 5.74) is 0.356. The maximum absolute atomic E-state index is 13.1. The van der Waals surface area contributed by atoms with Gasteiger partial charge in [0, 0.05) is 12.6 Å². The standard InChI is InChI=1S/C15H22FNO/c1-12(13-6-5-7-14(16)10-13)17-11-15(18)8-3-2-4-9-15/h5-7,10,12,17-18H,2-4,8-9,11H2,1H3/t12-/m0/s1. The summed E-state index contributed by atoms with van der Waals surface area (Å²) in [6.07, 6.45) is 5.17. The second kappa shape index (κ2) is 5.81. The summed E-state index contributed by atoms with van der Waals surface area (Å²) in [5, 5.41) is 13.7. The zero-order chi connectivity index (χ0) is 13.0. The number of hydrogen-bond acceptors (Lipinski definition) is 2. The fraction of sp³-hybridized carbons (Fsp3) is 0.600. The van der Waals surface area contributed by atoms with Gasteiger partial charge in [0.05, 0.1) is 5.60 Å². The molecular weight excluding hydrogens is 229 g/mol. The molecule has 0 unspecified atom stereocenters. The summed E-state index contributed by atoms with van der Waals surface area (Å²) in [4.78, 5) is 0. The first kappa shape index (κ1) is 13.5. The molecule has 1 aromatic rings. The molecule has 0 heterocycles. The van der Waals surface area contributed by atoms with Crippen LogP contribution in [0.3, 0.4) is 0 Å². The maximum atomic E-state index is 13.1. The summed E-state index contributed by atoms with van der Waals surface area (Å²) in [7, 11) is 0. The number of hydrogen-bond donors (Lipinski definition) is 2. The van der Waals surface area contributed by atoms with E-state index in [-0.39, 0.29) is 11.9 Å². The fourth-order valence-electron chi connectivity index (χ4n) is 2.62. The van der Waals surface area contributed by atoms with Gasteiger partial charge in [0.2, 0.25) is 0 Å². The van der Waals surface area contributed by atoms with E-state index in [1.54, 1.807) is 12.1 Å². The number of halogens is 1. The second-order valence-corrected chi connectivity index (χ2v) is 5.44. The largest absolute Gasteiger partial charge is 0.389 e. The molecule has 0 aromatic heterocycles. The summed E-state index contributed by atoms with van der Waals surface area (Å²) >= 11 is 0. The molecule has 100 valence electrons. The minimum absolute atomic E-state index is 0.0617. The average molecular weight is 251 g/mol. The van der Waals surface area contributed by atoms with E-state index in [1.165, 1.54) is 12.5 Å². The average Bonchev–Trinajstić information content (AvgIpc) is 2.37. The van der Waals surface area contributed by atoms with Crippen molar-refractivity contribution in [2.75, 3.05) is 6.54 Å². The van der Waals surface area contributed by atoms with Gasteiger partial charge in [0.15, 0.2) is 0 Å². The van der Waals surface area contributed by atoms with E-state index in [9.17, 15) is 9.50 Å². The molecular formula is C15H22FNO. The van der Waals surface area contributed by atoms with Gasteiger partial charge >= 0.3 is 0 Å². The summed E-state index contributed by atoms with van der Waals surface area (Å²) in [6, 6.07) is 6.68. The van der Waals surface area contributed by atoms with Crippen LogP contribution in [-0.2, 0) is 0 Å². The highest BCUT2D eigenvalue weighted by Crippen LogP contribution is 2.28. The summed E-state index contributed by atoms with van der Waals surface area (Å²) in [6.45, 7) is 2.59. The van der Waals surface area contributed by atoms with Crippen molar-refractivity contribution in [3.05, 3.63) is 35.6 Å². The Morgan fingerprint density at radius 1 is 1.33 bits per heavy atom. The third-order valence-electron chi connectivity index (χ3n) is 3.87. The first-order valence-corrected chi connectivity index (χ1v) is 6.80. The molecule has 1 aliphatic rings. The molecule has 3 heteroatoms. The normalized spacial score (nSPS) is 20.6. The molecule has 1 atom stereocenters. The molecule has 0 spiro atoms. The predicted molar refractivity (Wildman–Crippen MR) is 70.9 cm³/mol. The van der Waals surface area contributed by atoms with E-state index in [0.717, 1.165) is 31.2 Å². The lowest BCUT2D eigenvalue weighted by Crippen LogP contribution is -2.42. The van der Waals surface area contributed by atoms with Crippen LogP contribution in [0.4, 0.5) is 4.39 Å². The highest BCUT2D eigenvalue weighted by atomic mass is 19.1. The van der Waals surface area contributed by atoms with Crippen LogP contribution in [-0.4, -0.2) is 17.3 Å². The van der Waals surface area contributed by atoms with E-state index in [4.69, 9.17) is 0 Å². The minimum Gasteiger partial charge on any atom is -0.389 e. The molecule has 0 aliphatic heterocycles. The monoisotopic (exact) mass is 251 g/mol. The van der Waals surface area contributed by atoms with Crippen molar-refractivity contribution in [1.29, 1.82) is 0 Å². The number of aliphatic hydroxyl groups is 1. The smallest absolute Gasteiger partial charge is 0.123 e. The Morgan fingerprint density at radius 3 is 2.72 bits per heavy atom. The van der Waals surface area contributed by atoms with Crippen LogP contribution in [0.1, 0.15) is 50.6 Å². The topological polar surface area (TPSA) is 32.3 Å². The van der Waals surface area contributed by atoms with Crippen LogP contribution in [0.25, 0.3) is 0 Å². The molecule has 1 aromatic carbocycles.